The number of carbonyl (C=O) groups is 1. The van der Waals surface area contributed by atoms with Gasteiger partial charge in [-0.05, 0) is 37.8 Å². The number of aromatic nitrogens is 1. The van der Waals surface area contributed by atoms with Crippen molar-refractivity contribution in [1.29, 1.82) is 0 Å². The molecule has 0 unspecified atom stereocenters. The van der Waals surface area contributed by atoms with Crippen LogP contribution in [0.15, 0.2) is 29.6 Å². The molecule has 1 fully saturated rings. The molecule has 3 N–H and O–H groups in total. The van der Waals surface area contributed by atoms with E-state index in [2.05, 4.69) is 10.3 Å². The lowest BCUT2D eigenvalue weighted by Crippen LogP contribution is -2.28. The monoisotopic (exact) mass is 351 g/mol. The number of anilines is 1. The molecule has 124 valence electrons. The van der Waals surface area contributed by atoms with Crippen LogP contribution >= 0.6 is 23.7 Å². The van der Waals surface area contributed by atoms with Gasteiger partial charge in [-0.1, -0.05) is 18.6 Å². The van der Waals surface area contributed by atoms with E-state index in [1.165, 1.54) is 0 Å². The van der Waals surface area contributed by atoms with Gasteiger partial charge in [-0.25, -0.2) is 4.98 Å². The van der Waals surface area contributed by atoms with E-state index < -0.39 is 0 Å². The molecule has 1 aliphatic rings. The van der Waals surface area contributed by atoms with E-state index in [0.717, 1.165) is 41.2 Å². The van der Waals surface area contributed by atoms with Crippen LogP contribution in [0.4, 0.5) is 5.69 Å². The predicted molar refractivity (Wildman–Crippen MR) is 98.1 cm³/mol. The Kier molecular flexibility index (Phi) is 6.16. The first-order valence-electron chi connectivity index (χ1n) is 7.70. The van der Waals surface area contributed by atoms with E-state index in [1.54, 1.807) is 11.3 Å². The van der Waals surface area contributed by atoms with Crippen LogP contribution in [0.1, 0.15) is 31.4 Å². The van der Waals surface area contributed by atoms with E-state index >= 15 is 0 Å². The van der Waals surface area contributed by atoms with Crippen molar-refractivity contribution >= 4 is 35.3 Å². The molecule has 6 heteroatoms. The third kappa shape index (κ3) is 4.53. The summed E-state index contributed by atoms with van der Waals surface area (Å²) in [6.07, 6.45) is 3.75. The maximum absolute atomic E-state index is 12.2. The van der Waals surface area contributed by atoms with Gasteiger partial charge in [0.2, 0.25) is 5.91 Å². The molecule has 2 atom stereocenters. The molecule has 3 rings (SSSR count). The van der Waals surface area contributed by atoms with Crippen LogP contribution < -0.4 is 11.1 Å². The molecule has 0 bridgehead atoms. The van der Waals surface area contributed by atoms with Crippen molar-refractivity contribution in [1.82, 2.24) is 4.98 Å². The normalized spacial score (nSPS) is 20.1. The average molecular weight is 352 g/mol. The van der Waals surface area contributed by atoms with Crippen LogP contribution in [0.2, 0.25) is 0 Å². The Hall–Kier alpha value is -1.43. The van der Waals surface area contributed by atoms with Gasteiger partial charge in [-0.2, -0.15) is 0 Å². The zero-order valence-corrected chi connectivity index (χ0v) is 14.8. The Bertz CT molecular complexity index is 673. The summed E-state index contributed by atoms with van der Waals surface area (Å²) in [7, 11) is 0. The molecule has 0 radical (unpaired) electrons. The second kappa shape index (κ2) is 7.90. The standard InChI is InChI=1S/C17H21N3OS.ClH/c1-11-10-22-17(19-11)13-5-2-6-14(8-13)20-16(21)9-12-4-3-7-15(12)18;/h2,5-6,8,10,12,15H,3-4,7,9,18H2,1H3,(H,20,21);1H/t12-,15+;/m0./s1. The van der Waals surface area contributed by atoms with E-state index in [9.17, 15) is 4.79 Å². The maximum atomic E-state index is 12.2. The molecule has 1 saturated carbocycles. The van der Waals surface area contributed by atoms with Crippen molar-refractivity contribution in [3.8, 4) is 10.6 Å². The number of aryl methyl sites for hydroxylation is 1. The van der Waals surface area contributed by atoms with Gasteiger partial charge in [0.1, 0.15) is 5.01 Å². The van der Waals surface area contributed by atoms with Gasteiger partial charge in [0.25, 0.3) is 0 Å². The van der Waals surface area contributed by atoms with E-state index in [0.29, 0.717) is 12.3 Å². The topological polar surface area (TPSA) is 68.0 Å². The molecule has 2 aromatic rings. The lowest BCUT2D eigenvalue weighted by Gasteiger charge is -2.15. The quantitative estimate of drug-likeness (QED) is 0.874. The second-order valence-corrected chi connectivity index (χ2v) is 6.84. The first-order valence-corrected chi connectivity index (χ1v) is 8.58. The molecule has 1 amide bonds. The van der Waals surface area contributed by atoms with E-state index in [1.807, 2.05) is 36.6 Å². The minimum absolute atomic E-state index is 0. The van der Waals surface area contributed by atoms with Crippen molar-refractivity contribution in [2.75, 3.05) is 5.32 Å². The van der Waals surface area contributed by atoms with Crippen molar-refractivity contribution in [3.63, 3.8) is 0 Å². The molecule has 0 saturated heterocycles. The Morgan fingerprint density at radius 1 is 1.43 bits per heavy atom. The van der Waals surface area contributed by atoms with Crippen LogP contribution in [-0.4, -0.2) is 16.9 Å². The van der Waals surface area contributed by atoms with Crippen molar-refractivity contribution in [2.45, 2.75) is 38.6 Å². The van der Waals surface area contributed by atoms with Crippen molar-refractivity contribution < 1.29 is 4.79 Å². The minimum atomic E-state index is 0. The van der Waals surface area contributed by atoms with Gasteiger partial charge in [0.05, 0.1) is 0 Å². The Morgan fingerprint density at radius 2 is 2.26 bits per heavy atom. The summed E-state index contributed by atoms with van der Waals surface area (Å²) in [6.45, 7) is 1.98. The van der Waals surface area contributed by atoms with Gasteiger partial charge in [-0.3, -0.25) is 4.79 Å². The fourth-order valence-corrected chi connectivity index (χ4v) is 3.78. The Morgan fingerprint density at radius 3 is 2.91 bits per heavy atom. The fourth-order valence-electron chi connectivity index (χ4n) is 2.99. The van der Waals surface area contributed by atoms with Gasteiger partial charge >= 0.3 is 0 Å². The summed E-state index contributed by atoms with van der Waals surface area (Å²) in [5, 5.41) is 6.00. The molecule has 1 aliphatic carbocycles. The Labute approximate surface area is 146 Å². The summed E-state index contributed by atoms with van der Waals surface area (Å²) < 4.78 is 0. The second-order valence-electron chi connectivity index (χ2n) is 5.98. The number of rotatable bonds is 4. The zero-order chi connectivity index (χ0) is 15.5. The molecular weight excluding hydrogens is 330 g/mol. The third-order valence-corrected chi connectivity index (χ3v) is 5.19. The van der Waals surface area contributed by atoms with Crippen LogP contribution in [-0.2, 0) is 4.79 Å². The highest BCUT2D eigenvalue weighted by Gasteiger charge is 2.26. The predicted octanol–water partition coefficient (Wildman–Crippen LogP) is 4.00. The first-order chi connectivity index (χ1) is 10.6. The summed E-state index contributed by atoms with van der Waals surface area (Å²) >= 11 is 1.62. The van der Waals surface area contributed by atoms with Crippen molar-refractivity contribution in [3.05, 3.63) is 35.3 Å². The molecule has 0 spiro atoms. The molecule has 4 nitrogen and oxygen atoms in total. The molecule has 1 heterocycles. The number of benzene rings is 1. The largest absolute Gasteiger partial charge is 0.327 e. The summed E-state index contributed by atoms with van der Waals surface area (Å²) in [5.41, 5.74) is 8.91. The smallest absolute Gasteiger partial charge is 0.224 e. The minimum Gasteiger partial charge on any atom is -0.327 e. The number of amides is 1. The lowest BCUT2D eigenvalue weighted by atomic mass is 10.00. The number of halogens is 1. The van der Waals surface area contributed by atoms with Gasteiger partial charge in [-0.15, -0.1) is 23.7 Å². The van der Waals surface area contributed by atoms with Gasteiger partial charge < -0.3 is 11.1 Å². The van der Waals surface area contributed by atoms with E-state index in [-0.39, 0.29) is 24.4 Å². The van der Waals surface area contributed by atoms with Gasteiger partial charge in [0.15, 0.2) is 0 Å². The average Bonchev–Trinajstić information content (AvgIpc) is 3.09. The molecule has 1 aromatic carbocycles. The zero-order valence-electron chi connectivity index (χ0n) is 13.1. The van der Waals surface area contributed by atoms with Crippen LogP contribution in [0.5, 0.6) is 0 Å². The van der Waals surface area contributed by atoms with Crippen molar-refractivity contribution in [2.24, 2.45) is 11.7 Å². The molecule has 23 heavy (non-hydrogen) atoms. The lowest BCUT2D eigenvalue weighted by molar-refractivity contribution is -0.117. The number of thiazole rings is 1. The number of carbonyl (C=O) groups excluding carboxylic acids is 1. The highest BCUT2D eigenvalue weighted by molar-refractivity contribution is 7.13. The maximum Gasteiger partial charge on any atom is 0.224 e. The number of hydrogen-bond acceptors (Lipinski definition) is 4. The molecular formula is C17H22ClN3OS. The van der Waals surface area contributed by atoms with Crippen LogP contribution in [0, 0.1) is 12.8 Å². The number of nitrogens with two attached hydrogens (primary N) is 1. The van der Waals surface area contributed by atoms with Crippen LogP contribution in [0.3, 0.4) is 0 Å². The summed E-state index contributed by atoms with van der Waals surface area (Å²) in [5.74, 6) is 0.375. The SMILES string of the molecule is Cc1csc(-c2cccc(NC(=O)C[C@@H]3CCC[C@H]3N)c2)n1.Cl. The highest BCUT2D eigenvalue weighted by Crippen LogP contribution is 2.28. The van der Waals surface area contributed by atoms with Crippen LogP contribution in [0.25, 0.3) is 10.6 Å². The number of hydrogen-bond donors (Lipinski definition) is 2. The Balaban J connectivity index is 0.00000192. The first kappa shape index (κ1) is 17.9. The highest BCUT2D eigenvalue weighted by atomic mass is 35.5. The molecule has 1 aromatic heterocycles. The van der Waals surface area contributed by atoms with Gasteiger partial charge in [0, 0.05) is 34.8 Å². The third-order valence-electron chi connectivity index (χ3n) is 4.18. The molecule has 0 aliphatic heterocycles. The summed E-state index contributed by atoms with van der Waals surface area (Å²) in [6, 6.07) is 8.03. The van der Waals surface area contributed by atoms with E-state index in [4.69, 9.17) is 5.73 Å². The number of nitrogens with zero attached hydrogens (tertiary/aromatic N) is 1. The number of nitrogens with one attached hydrogen (secondary N) is 1. The summed E-state index contributed by atoms with van der Waals surface area (Å²) in [4.78, 5) is 16.7. The fraction of sp³-hybridized carbons (Fsp3) is 0.412.